The molecule has 1 N–H and O–H groups in total. The first-order valence-electron chi connectivity index (χ1n) is 13.7. The van der Waals surface area contributed by atoms with Crippen molar-refractivity contribution in [1.29, 1.82) is 0 Å². The van der Waals surface area contributed by atoms with Crippen molar-refractivity contribution in [3.8, 4) is 23.0 Å². The van der Waals surface area contributed by atoms with Crippen LogP contribution in [0.2, 0.25) is 0 Å². The van der Waals surface area contributed by atoms with Crippen LogP contribution in [0.5, 0.6) is 11.8 Å². The second kappa shape index (κ2) is 10.7. The summed E-state index contributed by atoms with van der Waals surface area (Å²) >= 11 is 0. The number of phenolic OH excluding ortho intramolecular Hbond substituents is 1. The van der Waals surface area contributed by atoms with Crippen LogP contribution in [-0.4, -0.2) is 68.4 Å². The molecule has 1 amide bonds. The highest BCUT2D eigenvalue weighted by molar-refractivity contribution is 6.01. The van der Waals surface area contributed by atoms with Gasteiger partial charge in [-0.3, -0.25) is 14.5 Å². The van der Waals surface area contributed by atoms with Gasteiger partial charge in [0.2, 0.25) is 0 Å². The van der Waals surface area contributed by atoms with Gasteiger partial charge in [0, 0.05) is 38.9 Å². The number of halogens is 3. The SMILES string of the molecule is CCc1c(F)ccc2cc(O)cc(-c3ncc4c(N5CCCn6nc(C(=O)N(C)C)c(F)c6C5)nc(OC)nc4c3F)c12. The number of phenols is 1. The Balaban J connectivity index is 1.52. The number of carbonyl (C=O) groups excluding carboxylic acids is 1. The Morgan fingerprint density at radius 2 is 1.91 bits per heavy atom. The fourth-order valence-corrected chi connectivity index (χ4v) is 5.59. The number of aryl methyl sites for hydroxylation is 2. The van der Waals surface area contributed by atoms with Crippen molar-refractivity contribution in [3.63, 3.8) is 0 Å². The molecule has 6 rings (SSSR count). The van der Waals surface area contributed by atoms with E-state index in [1.54, 1.807) is 11.8 Å². The number of nitrogens with zero attached hydrogens (tertiary/aromatic N) is 7. The number of pyridine rings is 1. The van der Waals surface area contributed by atoms with Crippen LogP contribution in [0.1, 0.15) is 35.1 Å². The topological polar surface area (TPSA) is 110 Å². The molecule has 1 aliphatic heterocycles. The van der Waals surface area contributed by atoms with E-state index < -0.39 is 23.4 Å². The summed E-state index contributed by atoms with van der Waals surface area (Å²) in [5.41, 5.74) is 0.255. The van der Waals surface area contributed by atoms with E-state index in [0.717, 1.165) is 0 Å². The van der Waals surface area contributed by atoms with Crippen LogP contribution in [0.4, 0.5) is 19.0 Å². The van der Waals surface area contributed by atoms with Gasteiger partial charge in [0.05, 0.1) is 24.7 Å². The lowest BCUT2D eigenvalue weighted by atomic mass is 9.94. The van der Waals surface area contributed by atoms with Crippen LogP contribution < -0.4 is 9.64 Å². The lowest BCUT2D eigenvalue weighted by molar-refractivity contribution is 0.0816. The normalized spacial score (nSPS) is 13.3. The molecule has 13 heteroatoms. The van der Waals surface area contributed by atoms with Crippen molar-refractivity contribution in [2.24, 2.45) is 0 Å². The zero-order chi connectivity index (χ0) is 30.6. The van der Waals surface area contributed by atoms with Crippen LogP contribution in [-0.2, 0) is 19.5 Å². The molecule has 0 fully saturated rings. The molecule has 10 nitrogen and oxygen atoms in total. The first-order valence-corrected chi connectivity index (χ1v) is 13.7. The molecule has 2 aromatic carbocycles. The third-order valence-corrected chi connectivity index (χ3v) is 7.63. The first-order chi connectivity index (χ1) is 20.6. The molecule has 0 atom stereocenters. The summed E-state index contributed by atoms with van der Waals surface area (Å²) in [5, 5.41) is 15.9. The first kappa shape index (κ1) is 28.2. The maximum Gasteiger partial charge on any atom is 0.318 e. The third-order valence-electron chi connectivity index (χ3n) is 7.63. The maximum absolute atomic E-state index is 16.4. The van der Waals surface area contributed by atoms with Gasteiger partial charge in [0.25, 0.3) is 5.91 Å². The molecule has 0 aliphatic carbocycles. The van der Waals surface area contributed by atoms with Crippen LogP contribution in [0.15, 0.2) is 30.5 Å². The fraction of sp³-hybridized carbons (Fsp3) is 0.300. The van der Waals surface area contributed by atoms with E-state index >= 15 is 8.78 Å². The number of anilines is 1. The average Bonchev–Trinajstić information content (AvgIpc) is 3.15. The predicted molar refractivity (Wildman–Crippen MR) is 154 cm³/mol. The summed E-state index contributed by atoms with van der Waals surface area (Å²) in [7, 11) is 4.39. The fourth-order valence-electron chi connectivity index (χ4n) is 5.59. The monoisotopic (exact) mass is 591 g/mol. The van der Waals surface area contributed by atoms with Gasteiger partial charge < -0.3 is 19.6 Å². The Labute approximate surface area is 244 Å². The summed E-state index contributed by atoms with van der Waals surface area (Å²) < 4.78 is 53.5. The Kier molecular flexibility index (Phi) is 7.03. The molecule has 0 saturated carbocycles. The highest BCUT2D eigenvalue weighted by atomic mass is 19.1. The number of amides is 1. The number of hydrogen-bond donors (Lipinski definition) is 1. The van der Waals surface area contributed by atoms with Crippen LogP contribution >= 0.6 is 0 Å². The number of fused-ring (bicyclic) bond motifs is 3. The van der Waals surface area contributed by atoms with E-state index in [4.69, 9.17) is 4.74 Å². The number of ether oxygens (including phenoxy) is 1. The van der Waals surface area contributed by atoms with E-state index in [1.165, 1.54) is 61.2 Å². The van der Waals surface area contributed by atoms with Crippen LogP contribution in [0, 0.1) is 17.5 Å². The Morgan fingerprint density at radius 3 is 2.63 bits per heavy atom. The summed E-state index contributed by atoms with van der Waals surface area (Å²) in [6.07, 6.45) is 2.27. The molecular weight excluding hydrogens is 563 g/mol. The van der Waals surface area contributed by atoms with Gasteiger partial charge in [-0.2, -0.15) is 15.1 Å². The van der Waals surface area contributed by atoms with Crippen molar-refractivity contribution in [2.45, 2.75) is 32.9 Å². The lowest BCUT2D eigenvalue weighted by Gasteiger charge is -2.23. The molecule has 5 aromatic rings. The number of benzene rings is 2. The number of hydrogen-bond acceptors (Lipinski definition) is 8. The number of aromatic hydroxyl groups is 1. The molecular formula is C30H28F3N7O3. The Bertz CT molecular complexity index is 1930. The zero-order valence-corrected chi connectivity index (χ0v) is 24.0. The molecule has 4 heterocycles. The van der Waals surface area contributed by atoms with Gasteiger partial charge in [0.15, 0.2) is 17.3 Å². The molecule has 0 bridgehead atoms. The van der Waals surface area contributed by atoms with Crippen LogP contribution in [0.25, 0.3) is 32.9 Å². The molecule has 0 spiro atoms. The smallest absolute Gasteiger partial charge is 0.318 e. The Morgan fingerprint density at radius 1 is 1.12 bits per heavy atom. The number of rotatable bonds is 5. The quantitative estimate of drug-likeness (QED) is 0.309. The standard InChI is InChI=1S/C30H28F3N7O3/c1-5-17-20(31)8-7-15-11-16(41)12-18(22(15)17)25-24(33)26-19(13-34-25)28(36-30(35-26)43-4)39-9-6-10-40-21(14-39)23(32)27(37-40)29(42)38(2)3/h7-8,11-13,41H,5-6,9-10,14H2,1-4H3. The molecule has 1 aliphatic rings. The van der Waals surface area contributed by atoms with E-state index in [-0.39, 0.29) is 57.7 Å². The summed E-state index contributed by atoms with van der Waals surface area (Å²) in [6.45, 7) is 2.56. The summed E-state index contributed by atoms with van der Waals surface area (Å²) in [6, 6.07) is 5.55. The molecule has 43 heavy (non-hydrogen) atoms. The minimum absolute atomic E-state index is 0.00544. The van der Waals surface area contributed by atoms with E-state index in [9.17, 15) is 14.3 Å². The van der Waals surface area contributed by atoms with E-state index in [1.807, 2.05) is 0 Å². The Hall–Kier alpha value is -4.94. The van der Waals surface area contributed by atoms with Gasteiger partial charge in [-0.25, -0.2) is 13.2 Å². The maximum atomic E-state index is 16.4. The average molecular weight is 592 g/mol. The van der Waals surface area contributed by atoms with Gasteiger partial charge in [-0.15, -0.1) is 0 Å². The van der Waals surface area contributed by atoms with Crippen molar-refractivity contribution in [3.05, 3.63) is 64.9 Å². The predicted octanol–water partition coefficient (Wildman–Crippen LogP) is 4.85. The van der Waals surface area contributed by atoms with E-state index in [2.05, 4.69) is 20.1 Å². The highest BCUT2D eigenvalue weighted by Crippen LogP contribution is 2.39. The number of aromatic nitrogens is 5. The third kappa shape index (κ3) is 4.64. The van der Waals surface area contributed by atoms with Crippen molar-refractivity contribution in [1.82, 2.24) is 29.6 Å². The van der Waals surface area contributed by atoms with Crippen molar-refractivity contribution < 1.29 is 27.8 Å². The molecule has 0 radical (unpaired) electrons. The van der Waals surface area contributed by atoms with Crippen LogP contribution in [0.3, 0.4) is 0 Å². The second-order valence-electron chi connectivity index (χ2n) is 10.5. The second-order valence-corrected chi connectivity index (χ2v) is 10.5. The highest BCUT2D eigenvalue weighted by Gasteiger charge is 2.30. The van der Waals surface area contributed by atoms with E-state index in [0.29, 0.717) is 42.3 Å². The lowest BCUT2D eigenvalue weighted by Crippen LogP contribution is -2.26. The van der Waals surface area contributed by atoms with Gasteiger partial charge >= 0.3 is 6.01 Å². The number of carbonyl (C=O) groups is 1. The summed E-state index contributed by atoms with van der Waals surface area (Å²) in [5.74, 6) is -2.41. The van der Waals surface area contributed by atoms with Gasteiger partial charge in [0.1, 0.15) is 28.6 Å². The minimum Gasteiger partial charge on any atom is -0.508 e. The van der Waals surface area contributed by atoms with Crippen molar-refractivity contribution in [2.75, 3.05) is 32.6 Å². The largest absolute Gasteiger partial charge is 0.508 e. The number of methoxy groups -OCH3 is 1. The van der Waals surface area contributed by atoms with Gasteiger partial charge in [-0.1, -0.05) is 13.0 Å². The molecule has 0 saturated heterocycles. The molecule has 3 aromatic heterocycles. The molecule has 222 valence electrons. The zero-order valence-electron chi connectivity index (χ0n) is 24.0. The minimum atomic E-state index is -0.817. The van der Waals surface area contributed by atoms with Gasteiger partial charge in [-0.05, 0) is 47.4 Å². The van der Waals surface area contributed by atoms with Crippen molar-refractivity contribution >= 4 is 33.4 Å². The molecule has 0 unspecified atom stereocenters. The summed E-state index contributed by atoms with van der Waals surface area (Å²) in [4.78, 5) is 28.7.